The molecule has 3 aromatic carbocycles. The van der Waals surface area contributed by atoms with Crippen molar-refractivity contribution in [1.29, 1.82) is 0 Å². The van der Waals surface area contributed by atoms with Gasteiger partial charge in [0.15, 0.2) is 0 Å². The quantitative estimate of drug-likeness (QED) is 0.425. The lowest BCUT2D eigenvalue weighted by molar-refractivity contribution is -0.114. The molecule has 0 saturated carbocycles. The number of hydrogen-bond acceptors (Lipinski definition) is 5. The molecule has 0 spiro atoms. The Bertz CT molecular complexity index is 1120. The number of hydrogen-bond donors (Lipinski definition) is 3. The van der Waals surface area contributed by atoms with Gasteiger partial charge in [-0.1, -0.05) is 29.8 Å². The second kappa shape index (κ2) is 11.3. The summed E-state index contributed by atoms with van der Waals surface area (Å²) in [6.45, 7) is 3.29. The Labute approximate surface area is 199 Å². The van der Waals surface area contributed by atoms with Gasteiger partial charge in [-0.2, -0.15) is 0 Å². The van der Waals surface area contributed by atoms with E-state index in [1.54, 1.807) is 18.2 Å². The maximum atomic E-state index is 12.5. The Morgan fingerprint density at radius 3 is 2.53 bits per heavy atom. The maximum Gasteiger partial charge on any atom is 0.255 e. The number of anilines is 3. The minimum absolute atomic E-state index is 0.0923. The predicted octanol–water partition coefficient (Wildman–Crippen LogP) is 4.86. The predicted molar refractivity (Wildman–Crippen MR) is 134 cm³/mol. The van der Waals surface area contributed by atoms with E-state index in [0.29, 0.717) is 29.3 Å². The first-order valence-corrected chi connectivity index (χ1v) is 11.4. The molecule has 176 valence electrons. The molecular weight excluding hydrogens is 430 g/mol. The van der Waals surface area contributed by atoms with Crippen LogP contribution >= 0.6 is 0 Å². The van der Waals surface area contributed by atoms with E-state index in [0.717, 1.165) is 30.7 Å². The summed E-state index contributed by atoms with van der Waals surface area (Å²) in [6, 6.07) is 22.0. The zero-order chi connectivity index (χ0) is 23.8. The molecule has 3 aromatic rings. The van der Waals surface area contributed by atoms with Crippen molar-refractivity contribution in [2.45, 2.75) is 25.9 Å². The third-order valence-corrected chi connectivity index (χ3v) is 5.49. The van der Waals surface area contributed by atoms with Gasteiger partial charge in [0.1, 0.15) is 12.4 Å². The van der Waals surface area contributed by atoms with E-state index in [4.69, 9.17) is 9.47 Å². The normalized spacial score (nSPS) is 14.9. The number of benzene rings is 3. The first-order chi connectivity index (χ1) is 16.6. The molecule has 34 heavy (non-hydrogen) atoms. The summed E-state index contributed by atoms with van der Waals surface area (Å²) < 4.78 is 11.5. The van der Waals surface area contributed by atoms with Gasteiger partial charge in [0.25, 0.3) is 5.91 Å². The molecule has 1 saturated heterocycles. The number of carbonyl (C=O) groups excluding carboxylic acids is 2. The highest BCUT2D eigenvalue weighted by atomic mass is 16.5. The van der Waals surface area contributed by atoms with E-state index in [-0.39, 0.29) is 24.5 Å². The maximum absolute atomic E-state index is 12.5. The minimum Gasteiger partial charge on any atom is -0.489 e. The van der Waals surface area contributed by atoms with Crippen LogP contribution < -0.4 is 20.7 Å². The van der Waals surface area contributed by atoms with Gasteiger partial charge in [-0.3, -0.25) is 9.59 Å². The van der Waals surface area contributed by atoms with Crippen molar-refractivity contribution in [1.82, 2.24) is 0 Å². The van der Waals surface area contributed by atoms with Crippen LogP contribution in [0.25, 0.3) is 0 Å². The summed E-state index contributed by atoms with van der Waals surface area (Å²) in [4.78, 5) is 24.9. The van der Waals surface area contributed by atoms with Crippen molar-refractivity contribution in [3.8, 4) is 5.75 Å². The van der Waals surface area contributed by atoms with Crippen LogP contribution in [0.1, 0.15) is 28.8 Å². The summed E-state index contributed by atoms with van der Waals surface area (Å²) in [5.41, 5.74) is 3.72. The fourth-order valence-electron chi connectivity index (χ4n) is 3.69. The third-order valence-electron chi connectivity index (χ3n) is 5.49. The molecule has 7 heteroatoms. The number of rotatable bonds is 9. The van der Waals surface area contributed by atoms with Crippen LogP contribution in [0.2, 0.25) is 0 Å². The number of carbonyl (C=O) groups is 2. The van der Waals surface area contributed by atoms with Crippen LogP contribution in [-0.4, -0.2) is 37.7 Å². The minimum atomic E-state index is -0.190. The molecule has 1 heterocycles. The highest BCUT2D eigenvalue weighted by Crippen LogP contribution is 2.25. The van der Waals surface area contributed by atoms with E-state index in [9.17, 15) is 9.59 Å². The monoisotopic (exact) mass is 459 g/mol. The lowest BCUT2D eigenvalue weighted by atomic mass is 10.1. The van der Waals surface area contributed by atoms with Gasteiger partial charge in [-0.05, 0) is 68.3 Å². The van der Waals surface area contributed by atoms with Gasteiger partial charge in [0.05, 0.1) is 18.3 Å². The van der Waals surface area contributed by atoms with E-state index >= 15 is 0 Å². The molecule has 2 amide bonds. The summed E-state index contributed by atoms with van der Waals surface area (Å²) in [5, 5.41) is 8.87. The Kier molecular flexibility index (Phi) is 7.78. The molecule has 0 aliphatic carbocycles. The largest absolute Gasteiger partial charge is 0.489 e. The molecule has 0 radical (unpaired) electrons. The van der Waals surface area contributed by atoms with Crippen LogP contribution in [0.15, 0.2) is 72.8 Å². The van der Waals surface area contributed by atoms with Crippen molar-refractivity contribution >= 4 is 28.9 Å². The van der Waals surface area contributed by atoms with Crippen LogP contribution in [-0.2, 0) is 9.53 Å². The highest BCUT2D eigenvalue weighted by Gasteiger charge is 2.17. The Morgan fingerprint density at radius 2 is 1.76 bits per heavy atom. The van der Waals surface area contributed by atoms with Gasteiger partial charge in [0, 0.05) is 23.5 Å². The Balaban J connectivity index is 1.26. The average Bonchev–Trinajstić information content (AvgIpc) is 3.37. The van der Waals surface area contributed by atoms with Gasteiger partial charge >= 0.3 is 0 Å². The summed E-state index contributed by atoms with van der Waals surface area (Å²) >= 11 is 0. The number of aryl methyl sites for hydroxylation is 1. The van der Waals surface area contributed by atoms with Gasteiger partial charge in [0.2, 0.25) is 5.91 Å². The number of para-hydroxylation sites is 2. The van der Waals surface area contributed by atoms with Crippen molar-refractivity contribution in [2.24, 2.45) is 0 Å². The van der Waals surface area contributed by atoms with Gasteiger partial charge in [-0.15, -0.1) is 0 Å². The Hall–Kier alpha value is -3.84. The van der Waals surface area contributed by atoms with Crippen LogP contribution in [0.3, 0.4) is 0 Å². The zero-order valence-electron chi connectivity index (χ0n) is 19.2. The first-order valence-electron chi connectivity index (χ1n) is 11.4. The number of ether oxygens (including phenoxy) is 2. The average molecular weight is 460 g/mol. The van der Waals surface area contributed by atoms with Crippen molar-refractivity contribution in [2.75, 3.05) is 35.7 Å². The van der Waals surface area contributed by atoms with E-state index in [1.807, 2.05) is 61.5 Å². The first kappa shape index (κ1) is 23.3. The molecule has 1 aliphatic rings. The second-order valence-corrected chi connectivity index (χ2v) is 8.24. The Morgan fingerprint density at radius 1 is 0.971 bits per heavy atom. The molecule has 1 aliphatic heterocycles. The summed E-state index contributed by atoms with van der Waals surface area (Å²) in [7, 11) is 0. The van der Waals surface area contributed by atoms with Gasteiger partial charge < -0.3 is 25.4 Å². The third kappa shape index (κ3) is 6.59. The van der Waals surface area contributed by atoms with Crippen LogP contribution in [0.5, 0.6) is 5.75 Å². The van der Waals surface area contributed by atoms with E-state index in [2.05, 4.69) is 16.0 Å². The number of amides is 2. The molecular formula is C27H29N3O4. The topological polar surface area (TPSA) is 88.7 Å². The van der Waals surface area contributed by atoms with Crippen molar-refractivity contribution < 1.29 is 19.1 Å². The van der Waals surface area contributed by atoms with E-state index < -0.39 is 0 Å². The van der Waals surface area contributed by atoms with Crippen LogP contribution in [0, 0.1) is 6.92 Å². The van der Waals surface area contributed by atoms with E-state index in [1.165, 1.54) is 0 Å². The molecule has 0 bridgehead atoms. The van der Waals surface area contributed by atoms with Crippen LogP contribution in [0.4, 0.5) is 17.1 Å². The molecule has 0 aromatic heterocycles. The zero-order valence-corrected chi connectivity index (χ0v) is 19.2. The highest BCUT2D eigenvalue weighted by molar-refractivity contribution is 6.04. The number of nitrogens with one attached hydrogen (secondary N) is 3. The summed E-state index contributed by atoms with van der Waals surface area (Å²) in [6.07, 6.45) is 2.15. The molecule has 1 atom stereocenters. The smallest absolute Gasteiger partial charge is 0.255 e. The lowest BCUT2D eigenvalue weighted by Gasteiger charge is -2.15. The molecule has 7 nitrogen and oxygen atoms in total. The summed E-state index contributed by atoms with van der Waals surface area (Å²) in [5.74, 6) is 0.272. The molecule has 1 fully saturated rings. The lowest BCUT2D eigenvalue weighted by Crippen LogP contribution is -2.23. The van der Waals surface area contributed by atoms with Gasteiger partial charge in [-0.25, -0.2) is 0 Å². The van der Waals surface area contributed by atoms with Crippen molar-refractivity contribution in [3.63, 3.8) is 0 Å². The second-order valence-electron chi connectivity index (χ2n) is 8.24. The fourth-order valence-corrected chi connectivity index (χ4v) is 3.69. The molecule has 1 unspecified atom stereocenters. The molecule has 4 rings (SSSR count). The molecule has 3 N–H and O–H groups in total. The fraction of sp³-hybridized carbons (Fsp3) is 0.259. The standard InChI is InChI=1S/C27H29N3O4/c1-19-6-4-7-20(16-19)27(32)29-22-13-11-21(12-14-22)28-17-26(31)30-24-9-2-3-10-25(24)34-18-23-8-5-15-33-23/h2-4,6-7,9-14,16,23,28H,5,8,15,17-18H2,1H3,(H,29,32)(H,30,31). The SMILES string of the molecule is Cc1cccc(C(=O)Nc2ccc(NCC(=O)Nc3ccccc3OCC3CCCO3)cc2)c1. The van der Waals surface area contributed by atoms with Crippen molar-refractivity contribution in [3.05, 3.63) is 83.9 Å².